The Balaban J connectivity index is 1.37. The van der Waals surface area contributed by atoms with Gasteiger partial charge in [0, 0.05) is 36.6 Å². The number of imidazole rings is 1. The van der Waals surface area contributed by atoms with Crippen molar-refractivity contribution in [2.75, 3.05) is 11.6 Å². The van der Waals surface area contributed by atoms with Crippen LogP contribution in [0.3, 0.4) is 0 Å². The Morgan fingerprint density at radius 3 is 2.53 bits per heavy atom. The highest BCUT2D eigenvalue weighted by molar-refractivity contribution is 7.90. The van der Waals surface area contributed by atoms with E-state index in [1.54, 1.807) is 36.8 Å². The maximum Gasteiger partial charge on any atom is 0.229 e. The second kappa shape index (κ2) is 8.63. The number of amides is 1. The number of sulfone groups is 1. The first-order valence-electron chi connectivity index (χ1n) is 11.5. The van der Waals surface area contributed by atoms with Crippen LogP contribution in [0.2, 0.25) is 0 Å². The molecular weight excluding hydrogens is 478 g/mol. The van der Waals surface area contributed by atoms with Crippen LogP contribution in [0, 0.1) is 6.92 Å². The van der Waals surface area contributed by atoms with Gasteiger partial charge in [0.15, 0.2) is 21.3 Å². The number of fused-ring (bicyclic) bond motifs is 2. The maximum atomic E-state index is 13.8. The van der Waals surface area contributed by atoms with E-state index in [0.717, 1.165) is 11.8 Å². The summed E-state index contributed by atoms with van der Waals surface area (Å²) >= 11 is 0. The molecule has 1 atom stereocenters. The minimum Gasteiger partial charge on any atom is -0.310 e. The van der Waals surface area contributed by atoms with Gasteiger partial charge in [-0.25, -0.2) is 18.4 Å². The van der Waals surface area contributed by atoms with Crippen LogP contribution in [-0.4, -0.2) is 45.7 Å². The summed E-state index contributed by atoms with van der Waals surface area (Å²) in [7, 11) is -3.30. The predicted octanol–water partition coefficient (Wildman–Crippen LogP) is 3.10. The Bertz CT molecular complexity index is 1630. The molecule has 1 aliphatic carbocycles. The van der Waals surface area contributed by atoms with Crippen molar-refractivity contribution < 1.29 is 18.0 Å². The number of carbonyl (C=O) groups is 2. The molecule has 9 nitrogen and oxygen atoms in total. The maximum absolute atomic E-state index is 13.8. The number of nitrogens with zero attached hydrogens (tertiary/aromatic N) is 4. The van der Waals surface area contributed by atoms with Crippen molar-refractivity contribution >= 4 is 33.0 Å². The third-order valence-electron chi connectivity index (χ3n) is 6.70. The zero-order valence-electron chi connectivity index (χ0n) is 20.1. The molecule has 0 radical (unpaired) electrons. The summed E-state index contributed by atoms with van der Waals surface area (Å²) < 4.78 is 25.1. The Morgan fingerprint density at radius 2 is 1.83 bits per heavy atom. The fraction of sp³-hybridized carbons (Fsp3) is 0.269. The molecule has 184 valence electrons. The monoisotopic (exact) mass is 503 g/mol. The highest BCUT2D eigenvalue weighted by atomic mass is 32.2. The van der Waals surface area contributed by atoms with Crippen LogP contribution in [0.1, 0.15) is 46.2 Å². The SMILES string of the molecule is Cc1cc(NC(=O)Cc2ccc(S(C)(=O)=O)cc2)nc2c1C(=O)C(C)(c1nccn3ccnc13)CC2. The van der Waals surface area contributed by atoms with Crippen molar-refractivity contribution in [2.24, 2.45) is 0 Å². The largest absolute Gasteiger partial charge is 0.310 e. The van der Waals surface area contributed by atoms with Crippen molar-refractivity contribution in [3.8, 4) is 0 Å². The highest BCUT2D eigenvalue weighted by Crippen LogP contribution is 2.39. The third-order valence-corrected chi connectivity index (χ3v) is 7.83. The average molecular weight is 504 g/mol. The Kier molecular flexibility index (Phi) is 5.71. The molecule has 0 fully saturated rings. The highest BCUT2D eigenvalue weighted by Gasteiger charge is 2.44. The number of rotatable bonds is 5. The summed E-state index contributed by atoms with van der Waals surface area (Å²) in [5.74, 6) is 0.0474. The van der Waals surface area contributed by atoms with Gasteiger partial charge in [0.05, 0.1) is 28.1 Å². The van der Waals surface area contributed by atoms with Crippen LogP contribution >= 0.6 is 0 Å². The number of hydrogen-bond acceptors (Lipinski definition) is 7. The fourth-order valence-corrected chi connectivity index (χ4v) is 5.38. The van der Waals surface area contributed by atoms with Gasteiger partial charge in [-0.3, -0.25) is 14.6 Å². The van der Waals surface area contributed by atoms with Crippen LogP contribution in [0.15, 0.2) is 60.0 Å². The molecule has 10 heteroatoms. The summed E-state index contributed by atoms with van der Waals surface area (Å²) in [5.41, 5.74) is 3.10. The number of Topliss-reactive ketones (excluding diaryl/α,β-unsaturated/α-hetero) is 1. The zero-order chi connectivity index (χ0) is 25.7. The van der Waals surface area contributed by atoms with Crippen molar-refractivity contribution in [1.29, 1.82) is 0 Å². The van der Waals surface area contributed by atoms with Gasteiger partial charge in [-0.2, -0.15) is 0 Å². The van der Waals surface area contributed by atoms with Gasteiger partial charge in [0.2, 0.25) is 5.91 Å². The molecule has 36 heavy (non-hydrogen) atoms. The number of nitrogens with one attached hydrogen (secondary N) is 1. The van der Waals surface area contributed by atoms with Crippen LogP contribution < -0.4 is 5.32 Å². The minimum absolute atomic E-state index is 0.0545. The lowest BCUT2D eigenvalue weighted by Crippen LogP contribution is -2.39. The van der Waals surface area contributed by atoms with E-state index in [-0.39, 0.29) is 23.0 Å². The summed E-state index contributed by atoms with van der Waals surface area (Å²) in [5, 5.41) is 2.81. The molecule has 1 N–H and O–H groups in total. The van der Waals surface area contributed by atoms with Crippen molar-refractivity contribution in [1.82, 2.24) is 19.4 Å². The van der Waals surface area contributed by atoms with Crippen molar-refractivity contribution in [3.63, 3.8) is 0 Å². The van der Waals surface area contributed by atoms with E-state index in [1.165, 1.54) is 12.1 Å². The number of benzene rings is 1. The van der Waals surface area contributed by atoms with Crippen LogP contribution in [0.25, 0.3) is 5.65 Å². The Morgan fingerprint density at radius 1 is 1.14 bits per heavy atom. The average Bonchev–Trinajstić information content (AvgIpc) is 3.30. The lowest BCUT2D eigenvalue weighted by molar-refractivity contribution is -0.115. The van der Waals surface area contributed by atoms with E-state index in [2.05, 4.69) is 20.3 Å². The van der Waals surface area contributed by atoms with Gasteiger partial charge in [-0.15, -0.1) is 0 Å². The van der Waals surface area contributed by atoms with Crippen LogP contribution in [0.4, 0.5) is 5.82 Å². The minimum atomic E-state index is -3.30. The number of ketones is 1. The molecule has 0 saturated carbocycles. The van der Waals surface area contributed by atoms with Gasteiger partial charge in [-0.05, 0) is 56.0 Å². The smallest absolute Gasteiger partial charge is 0.229 e. The molecule has 1 unspecified atom stereocenters. The van der Waals surface area contributed by atoms with Crippen molar-refractivity contribution in [3.05, 3.63) is 83.2 Å². The summed E-state index contributed by atoms with van der Waals surface area (Å²) in [6.45, 7) is 3.74. The number of hydrogen-bond donors (Lipinski definition) is 1. The van der Waals surface area contributed by atoms with Crippen molar-refractivity contribution in [2.45, 2.75) is 43.4 Å². The number of carbonyl (C=O) groups excluding carboxylic acids is 2. The van der Waals surface area contributed by atoms with Gasteiger partial charge in [0.1, 0.15) is 5.82 Å². The zero-order valence-corrected chi connectivity index (χ0v) is 21.0. The second-order valence-corrected chi connectivity index (χ2v) is 11.4. The fourth-order valence-electron chi connectivity index (χ4n) is 4.75. The Labute approximate surface area is 208 Å². The molecule has 0 saturated heterocycles. The number of anilines is 1. The van der Waals surface area contributed by atoms with Gasteiger partial charge < -0.3 is 9.72 Å². The summed E-state index contributed by atoms with van der Waals surface area (Å²) in [6.07, 6.45) is 9.28. The standard InChI is InChI=1S/C26H25N5O4S/c1-16-14-20(30-21(32)15-17-4-6-18(7-5-17)36(3,34)35)29-19-8-9-26(2,24(33)22(16)19)23-25-28-11-13-31(25)12-10-27-23/h4-7,10-14H,8-9,15H2,1-3H3,(H,29,30,32). The third kappa shape index (κ3) is 4.17. The number of pyridine rings is 1. The normalized spacial score (nSPS) is 17.7. The summed E-state index contributed by atoms with van der Waals surface area (Å²) in [6, 6.07) is 7.92. The predicted molar refractivity (Wildman–Crippen MR) is 134 cm³/mol. The summed E-state index contributed by atoms with van der Waals surface area (Å²) in [4.78, 5) is 40.1. The van der Waals surface area contributed by atoms with Gasteiger partial charge in [-0.1, -0.05) is 12.1 Å². The topological polar surface area (TPSA) is 123 Å². The molecule has 0 spiro atoms. The molecule has 0 aliphatic heterocycles. The molecule has 4 aromatic rings. The number of aromatic nitrogens is 4. The van der Waals surface area contributed by atoms with E-state index in [0.29, 0.717) is 46.8 Å². The number of aryl methyl sites for hydroxylation is 2. The molecule has 0 bridgehead atoms. The molecule has 1 amide bonds. The quantitative estimate of drug-likeness (QED) is 0.444. The lowest BCUT2D eigenvalue weighted by atomic mass is 9.70. The van der Waals surface area contributed by atoms with E-state index in [9.17, 15) is 18.0 Å². The van der Waals surface area contributed by atoms with E-state index >= 15 is 0 Å². The van der Waals surface area contributed by atoms with E-state index in [4.69, 9.17) is 0 Å². The molecule has 1 aromatic carbocycles. The van der Waals surface area contributed by atoms with Gasteiger partial charge in [0.25, 0.3) is 0 Å². The molecule has 5 rings (SSSR count). The Hall–Kier alpha value is -3.92. The molecule has 3 aromatic heterocycles. The first-order valence-corrected chi connectivity index (χ1v) is 13.4. The van der Waals surface area contributed by atoms with Crippen LogP contribution in [-0.2, 0) is 32.9 Å². The molecule has 3 heterocycles. The van der Waals surface area contributed by atoms with E-state index < -0.39 is 15.3 Å². The second-order valence-electron chi connectivity index (χ2n) is 9.38. The first kappa shape index (κ1) is 23.8. The van der Waals surface area contributed by atoms with Crippen LogP contribution in [0.5, 0.6) is 0 Å². The molecular formula is C26H25N5O4S. The van der Waals surface area contributed by atoms with Gasteiger partial charge >= 0.3 is 0 Å². The van der Waals surface area contributed by atoms with E-state index in [1.807, 2.05) is 24.4 Å². The first-order chi connectivity index (χ1) is 17.1. The lowest BCUT2D eigenvalue weighted by Gasteiger charge is -2.33. The molecule has 1 aliphatic rings.